The van der Waals surface area contributed by atoms with Gasteiger partial charge in [0.25, 0.3) is 11.7 Å². The molecule has 0 unspecified atom stereocenters. The second-order valence-corrected chi connectivity index (χ2v) is 5.17. The van der Waals surface area contributed by atoms with E-state index >= 15 is 0 Å². The average molecular weight is 301 g/mol. The fourth-order valence-corrected chi connectivity index (χ4v) is 2.07. The second kappa shape index (κ2) is 8.71. The van der Waals surface area contributed by atoms with Crippen LogP contribution in [0.25, 0.3) is 0 Å². The van der Waals surface area contributed by atoms with Crippen molar-refractivity contribution in [2.24, 2.45) is 0 Å². The van der Waals surface area contributed by atoms with Gasteiger partial charge in [-0.1, -0.05) is 36.0 Å². The highest BCUT2D eigenvalue weighted by atomic mass is 32.2. The number of hydrogen-bond acceptors (Lipinski definition) is 3. The predicted molar refractivity (Wildman–Crippen MR) is 76.3 cm³/mol. The van der Waals surface area contributed by atoms with Crippen LogP contribution in [-0.4, -0.2) is 31.4 Å². The Balaban J connectivity index is 2.48. The van der Waals surface area contributed by atoms with Gasteiger partial charge in [0.2, 0.25) is 0 Å². The number of carbonyl (C=O) groups is 1. The zero-order chi connectivity index (χ0) is 15.0. The minimum absolute atomic E-state index is 0.248. The molecule has 0 fully saturated rings. The van der Waals surface area contributed by atoms with Gasteiger partial charge < -0.3 is 10.1 Å². The maximum absolute atomic E-state index is 12.4. The molecule has 1 N–H and O–H groups in total. The summed E-state index contributed by atoms with van der Waals surface area (Å²) < 4.78 is 30.0. The Kier molecular flexibility index (Phi) is 7.25. The van der Waals surface area contributed by atoms with Crippen molar-refractivity contribution in [3.05, 3.63) is 42.0 Å². The highest BCUT2D eigenvalue weighted by Crippen LogP contribution is 2.28. The van der Waals surface area contributed by atoms with Crippen molar-refractivity contribution < 1.29 is 18.3 Å². The number of nitrogens with one attached hydrogen (secondary N) is 1. The number of benzene rings is 1. The summed E-state index contributed by atoms with van der Waals surface area (Å²) >= 11 is 0.364. The topological polar surface area (TPSA) is 38.3 Å². The lowest BCUT2D eigenvalue weighted by molar-refractivity contribution is 0.0924. The van der Waals surface area contributed by atoms with Crippen LogP contribution in [0.5, 0.6) is 0 Å². The lowest BCUT2D eigenvalue weighted by Crippen LogP contribution is -2.27. The van der Waals surface area contributed by atoms with E-state index in [1.54, 1.807) is 12.1 Å². The Morgan fingerprint density at radius 1 is 1.45 bits per heavy atom. The molecule has 1 rings (SSSR count). The Bertz CT molecular complexity index is 466. The van der Waals surface area contributed by atoms with Gasteiger partial charge in [-0.25, -0.2) is 0 Å². The third-order valence-electron chi connectivity index (χ3n) is 2.23. The first kappa shape index (κ1) is 16.7. The van der Waals surface area contributed by atoms with Gasteiger partial charge in [0.1, 0.15) is 0 Å². The van der Waals surface area contributed by atoms with Crippen molar-refractivity contribution in [1.29, 1.82) is 0 Å². The van der Waals surface area contributed by atoms with Crippen molar-refractivity contribution in [3.63, 3.8) is 0 Å². The first-order valence-electron chi connectivity index (χ1n) is 6.05. The number of ether oxygens (including phenoxy) is 1. The molecule has 0 aliphatic heterocycles. The summed E-state index contributed by atoms with van der Waals surface area (Å²) in [5, 5.41) is 2.63. The van der Waals surface area contributed by atoms with E-state index in [9.17, 15) is 13.6 Å². The average Bonchev–Trinajstić information content (AvgIpc) is 2.37. The van der Waals surface area contributed by atoms with Crippen LogP contribution in [0.3, 0.4) is 0 Å². The van der Waals surface area contributed by atoms with E-state index in [0.717, 1.165) is 5.57 Å². The smallest absolute Gasteiger partial charge is 0.288 e. The first-order chi connectivity index (χ1) is 9.50. The number of amides is 1. The summed E-state index contributed by atoms with van der Waals surface area (Å²) in [4.78, 5) is 12.2. The third kappa shape index (κ3) is 6.16. The normalized spacial score (nSPS) is 10.6. The van der Waals surface area contributed by atoms with Gasteiger partial charge in [0, 0.05) is 11.4 Å². The van der Waals surface area contributed by atoms with Gasteiger partial charge in [-0.05, 0) is 19.1 Å². The van der Waals surface area contributed by atoms with Gasteiger partial charge in [0.15, 0.2) is 0 Å². The molecule has 0 saturated carbocycles. The summed E-state index contributed by atoms with van der Waals surface area (Å²) in [5.74, 6) is -2.93. The molecule has 0 spiro atoms. The summed E-state index contributed by atoms with van der Waals surface area (Å²) in [6.07, 6.45) is 0. The van der Waals surface area contributed by atoms with E-state index in [0.29, 0.717) is 31.5 Å². The number of rotatable bonds is 8. The largest absolute Gasteiger partial charge is 0.375 e. The van der Waals surface area contributed by atoms with Crippen LogP contribution in [0.1, 0.15) is 17.3 Å². The van der Waals surface area contributed by atoms with E-state index < -0.39 is 5.76 Å². The highest BCUT2D eigenvalue weighted by Gasteiger charge is 2.14. The van der Waals surface area contributed by atoms with Gasteiger partial charge in [-0.2, -0.15) is 8.78 Å². The molecule has 0 saturated heterocycles. The minimum atomic E-state index is -2.55. The lowest BCUT2D eigenvalue weighted by atomic mass is 10.2. The van der Waals surface area contributed by atoms with Crippen LogP contribution in [-0.2, 0) is 4.74 Å². The van der Waals surface area contributed by atoms with E-state index in [1.165, 1.54) is 12.1 Å². The monoisotopic (exact) mass is 301 g/mol. The van der Waals surface area contributed by atoms with E-state index in [-0.39, 0.29) is 16.4 Å². The highest BCUT2D eigenvalue weighted by molar-refractivity contribution is 7.99. The molecular weight excluding hydrogens is 284 g/mol. The van der Waals surface area contributed by atoms with Crippen LogP contribution in [0.4, 0.5) is 8.78 Å². The van der Waals surface area contributed by atoms with Crippen LogP contribution in [0.15, 0.2) is 41.3 Å². The summed E-state index contributed by atoms with van der Waals surface area (Å²) in [6.45, 7) is 6.64. The number of thioether (sulfide) groups is 1. The molecule has 0 aliphatic rings. The van der Waals surface area contributed by atoms with Crippen LogP contribution in [0, 0.1) is 0 Å². The lowest BCUT2D eigenvalue weighted by Gasteiger charge is -2.09. The molecule has 3 nitrogen and oxygen atoms in total. The fourth-order valence-electron chi connectivity index (χ4n) is 1.43. The molecule has 1 aromatic carbocycles. The number of hydrogen-bond donors (Lipinski definition) is 1. The number of carbonyl (C=O) groups excluding carboxylic acids is 1. The molecule has 0 radical (unpaired) electrons. The molecule has 20 heavy (non-hydrogen) atoms. The van der Waals surface area contributed by atoms with Crippen molar-refractivity contribution in [2.75, 3.05) is 19.8 Å². The Labute approximate surface area is 121 Å². The Hall–Kier alpha value is -1.40. The molecule has 6 heteroatoms. The third-order valence-corrected chi connectivity index (χ3v) is 3.02. The van der Waals surface area contributed by atoms with Crippen LogP contribution in [0.2, 0.25) is 0 Å². The van der Waals surface area contributed by atoms with E-state index in [2.05, 4.69) is 11.9 Å². The standard InChI is InChI=1S/C14H17F2NO2S/c1-10(2)9-19-8-7-17-13(18)11-5-3-4-6-12(11)20-14(15)16/h3-6,14H,1,7-9H2,2H3,(H,17,18). The van der Waals surface area contributed by atoms with Crippen molar-refractivity contribution in [2.45, 2.75) is 17.6 Å². The van der Waals surface area contributed by atoms with Gasteiger partial charge >= 0.3 is 0 Å². The molecule has 1 amide bonds. The van der Waals surface area contributed by atoms with Gasteiger partial charge in [-0.15, -0.1) is 0 Å². The zero-order valence-corrected chi connectivity index (χ0v) is 12.0. The minimum Gasteiger partial charge on any atom is -0.375 e. The van der Waals surface area contributed by atoms with Crippen LogP contribution < -0.4 is 5.32 Å². The van der Waals surface area contributed by atoms with E-state index in [1.807, 2.05) is 6.92 Å². The van der Waals surface area contributed by atoms with Crippen molar-refractivity contribution in [1.82, 2.24) is 5.32 Å². The molecule has 110 valence electrons. The zero-order valence-electron chi connectivity index (χ0n) is 11.2. The van der Waals surface area contributed by atoms with Crippen LogP contribution >= 0.6 is 11.8 Å². The molecule has 0 aliphatic carbocycles. The van der Waals surface area contributed by atoms with E-state index in [4.69, 9.17) is 4.74 Å². The Morgan fingerprint density at radius 3 is 2.80 bits per heavy atom. The molecule has 0 bridgehead atoms. The molecule has 1 aromatic rings. The SMILES string of the molecule is C=C(C)COCCNC(=O)c1ccccc1SC(F)F. The summed E-state index contributed by atoms with van der Waals surface area (Å²) in [6, 6.07) is 6.29. The number of halogens is 2. The summed E-state index contributed by atoms with van der Waals surface area (Å²) in [7, 11) is 0. The van der Waals surface area contributed by atoms with Crippen molar-refractivity contribution in [3.8, 4) is 0 Å². The molecule has 0 atom stereocenters. The summed E-state index contributed by atoms with van der Waals surface area (Å²) in [5.41, 5.74) is 1.15. The molecular formula is C14H17F2NO2S. The van der Waals surface area contributed by atoms with Gasteiger partial charge in [-0.3, -0.25) is 4.79 Å². The second-order valence-electron chi connectivity index (χ2n) is 4.14. The maximum atomic E-state index is 12.4. The first-order valence-corrected chi connectivity index (χ1v) is 6.93. The molecule has 0 aromatic heterocycles. The molecule has 0 heterocycles. The predicted octanol–water partition coefficient (Wildman–Crippen LogP) is 3.32. The number of alkyl halides is 2. The Morgan fingerprint density at radius 2 is 2.15 bits per heavy atom. The quantitative estimate of drug-likeness (QED) is 0.455. The fraction of sp³-hybridized carbons (Fsp3) is 0.357. The van der Waals surface area contributed by atoms with Gasteiger partial charge in [0.05, 0.1) is 18.8 Å². The maximum Gasteiger partial charge on any atom is 0.288 e. The van der Waals surface area contributed by atoms with Crippen molar-refractivity contribution >= 4 is 17.7 Å².